The summed E-state index contributed by atoms with van der Waals surface area (Å²) >= 11 is 0. The summed E-state index contributed by atoms with van der Waals surface area (Å²) in [5.74, 6) is 0.533. The summed E-state index contributed by atoms with van der Waals surface area (Å²) < 4.78 is 22.3. The summed E-state index contributed by atoms with van der Waals surface area (Å²) in [7, 11) is -2.79. The van der Waals surface area contributed by atoms with Gasteiger partial charge in [-0.25, -0.2) is 8.42 Å². The average molecular weight is 249 g/mol. The molecule has 1 N–H and O–H groups in total. The first-order valence-corrected chi connectivity index (χ1v) is 8.35. The quantitative estimate of drug-likeness (QED) is 0.572. The van der Waals surface area contributed by atoms with Crippen molar-refractivity contribution in [3.05, 3.63) is 0 Å². The molecule has 0 aromatic heterocycles. The van der Waals surface area contributed by atoms with Crippen LogP contribution in [0.4, 0.5) is 0 Å². The topological polar surface area (TPSA) is 46.2 Å². The van der Waals surface area contributed by atoms with Gasteiger partial charge in [-0.2, -0.15) is 0 Å². The van der Waals surface area contributed by atoms with E-state index in [0.717, 1.165) is 13.0 Å². The highest BCUT2D eigenvalue weighted by atomic mass is 32.2. The lowest BCUT2D eigenvalue weighted by Gasteiger charge is -2.04. The molecule has 0 aliphatic heterocycles. The van der Waals surface area contributed by atoms with Crippen molar-refractivity contribution >= 4 is 9.84 Å². The highest BCUT2D eigenvalue weighted by Crippen LogP contribution is 2.03. The maximum Gasteiger partial charge on any atom is 0.151 e. The number of rotatable bonds is 11. The highest BCUT2D eigenvalue weighted by molar-refractivity contribution is 7.91. The van der Waals surface area contributed by atoms with Crippen LogP contribution in [0.1, 0.15) is 52.4 Å². The first-order chi connectivity index (χ1) is 7.62. The summed E-state index contributed by atoms with van der Waals surface area (Å²) in [4.78, 5) is 0. The van der Waals surface area contributed by atoms with Gasteiger partial charge in [-0.05, 0) is 13.0 Å². The van der Waals surface area contributed by atoms with Crippen LogP contribution in [0.3, 0.4) is 0 Å². The van der Waals surface area contributed by atoms with Crippen molar-refractivity contribution in [1.82, 2.24) is 5.32 Å². The van der Waals surface area contributed by atoms with Gasteiger partial charge in [-0.3, -0.25) is 0 Å². The minimum absolute atomic E-state index is 0.256. The first kappa shape index (κ1) is 15.9. The Balaban J connectivity index is 3.16. The van der Waals surface area contributed by atoms with E-state index in [2.05, 4.69) is 12.2 Å². The Morgan fingerprint density at radius 1 is 0.875 bits per heavy atom. The van der Waals surface area contributed by atoms with Gasteiger partial charge in [-0.1, -0.05) is 46.0 Å². The van der Waals surface area contributed by atoms with Crippen LogP contribution in [0.2, 0.25) is 0 Å². The lowest BCUT2D eigenvalue weighted by molar-refractivity contribution is 0.572. The Labute approximate surface area is 101 Å². The normalized spacial score (nSPS) is 11.9. The van der Waals surface area contributed by atoms with Crippen molar-refractivity contribution in [2.24, 2.45) is 0 Å². The van der Waals surface area contributed by atoms with Crippen LogP contribution in [-0.2, 0) is 9.84 Å². The molecule has 0 amide bonds. The predicted molar refractivity (Wildman–Crippen MR) is 70.6 cm³/mol. The number of nitrogens with one attached hydrogen (secondary N) is 1. The van der Waals surface area contributed by atoms with E-state index in [4.69, 9.17) is 0 Å². The molecule has 3 nitrogen and oxygen atoms in total. The maximum atomic E-state index is 11.2. The molecule has 0 unspecified atom stereocenters. The van der Waals surface area contributed by atoms with Crippen molar-refractivity contribution in [3.63, 3.8) is 0 Å². The van der Waals surface area contributed by atoms with E-state index in [1.165, 1.54) is 32.1 Å². The smallest absolute Gasteiger partial charge is 0.151 e. The largest absolute Gasteiger partial charge is 0.316 e. The van der Waals surface area contributed by atoms with Crippen molar-refractivity contribution in [2.45, 2.75) is 52.4 Å². The monoisotopic (exact) mass is 249 g/mol. The predicted octanol–water partition coefficient (Wildman–Crippen LogP) is 2.37. The van der Waals surface area contributed by atoms with Gasteiger partial charge in [0.25, 0.3) is 0 Å². The summed E-state index contributed by atoms with van der Waals surface area (Å²) in [6.45, 7) is 5.47. The Kier molecular flexibility index (Phi) is 10.0. The van der Waals surface area contributed by atoms with Crippen molar-refractivity contribution in [2.75, 3.05) is 24.6 Å². The number of hydrogen-bond acceptors (Lipinski definition) is 3. The highest BCUT2D eigenvalue weighted by Gasteiger charge is 2.05. The molecule has 0 atom stereocenters. The van der Waals surface area contributed by atoms with Gasteiger partial charge in [0.1, 0.15) is 0 Å². The molecule has 0 aromatic rings. The fraction of sp³-hybridized carbons (Fsp3) is 1.00. The third kappa shape index (κ3) is 10.4. The molecular formula is C12H27NO2S. The number of unbranched alkanes of at least 4 members (excludes halogenated alkanes) is 5. The zero-order valence-electron chi connectivity index (χ0n) is 10.8. The third-order valence-electron chi connectivity index (χ3n) is 2.74. The molecule has 0 aliphatic rings. The van der Waals surface area contributed by atoms with Crippen LogP contribution in [-0.4, -0.2) is 33.0 Å². The summed E-state index contributed by atoms with van der Waals surface area (Å²) in [6.07, 6.45) is 7.68. The fourth-order valence-corrected chi connectivity index (χ4v) is 2.27. The molecule has 0 heterocycles. The molecule has 0 radical (unpaired) electrons. The van der Waals surface area contributed by atoms with Gasteiger partial charge < -0.3 is 5.32 Å². The van der Waals surface area contributed by atoms with Crippen molar-refractivity contribution in [3.8, 4) is 0 Å². The van der Waals surface area contributed by atoms with Crippen LogP contribution in [0.5, 0.6) is 0 Å². The molecule has 0 bridgehead atoms. The molecule has 4 heteroatoms. The Bertz CT molecular complexity index is 237. The van der Waals surface area contributed by atoms with E-state index < -0.39 is 9.84 Å². The SMILES string of the molecule is CCCCCCCCNCCS(=O)(=O)CC. The van der Waals surface area contributed by atoms with E-state index in [1.54, 1.807) is 6.92 Å². The summed E-state index contributed by atoms with van der Waals surface area (Å²) in [6, 6.07) is 0. The molecule has 0 aromatic carbocycles. The van der Waals surface area contributed by atoms with E-state index >= 15 is 0 Å². The van der Waals surface area contributed by atoms with Gasteiger partial charge in [0.2, 0.25) is 0 Å². The van der Waals surface area contributed by atoms with Crippen LogP contribution in [0, 0.1) is 0 Å². The maximum absolute atomic E-state index is 11.2. The third-order valence-corrected chi connectivity index (χ3v) is 4.44. The van der Waals surface area contributed by atoms with Crippen LogP contribution >= 0.6 is 0 Å². The number of hydrogen-bond donors (Lipinski definition) is 1. The Hall–Kier alpha value is -0.0900. The van der Waals surface area contributed by atoms with Gasteiger partial charge >= 0.3 is 0 Å². The van der Waals surface area contributed by atoms with Crippen LogP contribution in [0.25, 0.3) is 0 Å². The summed E-state index contributed by atoms with van der Waals surface area (Å²) in [5, 5.41) is 3.19. The summed E-state index contributed by atoms with van der Waals surface area (Å²) in [5.41, 5.74) is 0. The molecular weight excluding hydrogens is 222 g/mol. The molecule has 0 fully saturated rings. The Morgan fingerprint density at radius 2 is 1.50 bits per heavy atom. The second-order valence-electron chi connectivity index (χ2n) is 4.25. The molecule has 16 heavy (non-hydrogen) atoms. The molecule has 0 saturated heterocycles. The van der Waals surface area contributed by atoms with E-state index in [0.29, 0.717) is 6.54 Å². The molecule has 0 saturated carbocycles. The molecule has 0 rings (SSSR count). The lowest BCUT2D eigenvalue weighted by atomic mass is 10.1. The number of sulfone groups is 1. The minimum atomic E-state index is -2.79. The second kappa shape index (κ2) is 10.1. The van der Waals surface area contributed by atoms with Crippen LogP contribution < -0.4 is 5.32 Å². The zero-order valence-corrected chi connectivity index (χ0v) is 11.6. The molecule has 98 valence electrons. The Morgan fingerprint density at radius 3 is 2.12 bits per heavy atom. The van der Waals surface area contributed by atoms with Gasteiger partial charge in [0.15, 0.2) is 9.84 Å². The minimum Gasteiger partial charge on any atom is -0.316 e. The average Bonchev–Trinajstić information content (AvgIpc) is 2.27. The lowest BCUT2D eigenvalue weighted by Crippen LogP contribution is -2.24. The zero-order chi connectivity index (χ0) is 12.3. The van der Waals surface area contributed by atoms with Gasteiger partial charge in [-0.15, -0.1) is 0 Å². The molecule has 0 spiro atoms. The van der Waals surface area contributed by atoms with E-state index in [-0.39, 0.29) is 11.5 Å². The van der Waals surface area contributed by atoms with Gasteiger partial charge in [0.05, 0.1) is 5.75 Å². The molecule has 0 aliphatic carbocycles. The van der Waals surface area contributed by atoms with Crippen LogP contribution in [0.15, 0.2) is 0 Å². The first-order valence-electron chi connectivity index (χ1n) is 6.53. The van der Waals surface area contributed by atoms with Crippen molar-refractivity contribution < 1.29 is 8.42 Å². The fourth-order valence-electron chi connectivity index (χ4n) is 1.53. The van der Waals surface area contributed by atoms with Gasteiger partial charge in [0, 0.05) is 12.3 Å². The standard InChI is InChI=1S/C12H27NO2S/c1-3-5-6-7-8-9-10-13-11-12-16(14,15)4-2/h13H,3-12H2,1-2H3. The van der Waals surface area contributed by atoms with E-state index in [1.807, 2.05) is 0 Å². The van der Waals surface area contributed by atoms with Crippen molar-refractivity contribution in [1.29, 1.82) is 0 Å². The second-order valence-corrected chi connectivity index (χ2v) is 6.73. The van der Waals surface area contributed by atoms with E-state index in [9.17, 15) is 8.42 Å².